The van der Waals surface area contributed by atoms with Gasteiger partial charge in [0.25, 0.3) is 11.8 Å². The van der Waals surface area contributed by atoms with Crippen LogP contribution in [0.25, 0.3) is 0 Å². The normalized spacial score (nSPS) is 17.2. The number of anilines is 1. The Morgan fingerprint density at radius 1 is 0.921 bits per heavy atom. The molecule has 2 aliphatic rings. The summed E-state index contributed by atoms with van der Waals surface area (Å²) in [4.78, 5) is 41.2. The number of rotatable bonds is 5. The van der Waals surface area contributed by atoms with E-state index in [0.717, 1.165) is 29.2 Å². The van der Waals surface area contributed by atoms with E-state index in [-0.39, 0.29) is 40.8 Å². The van der Waals surface area contributed by atoms with Gasteiger partial charge in [-0.3, -0.25) is 14.4 Å². The molecule has 2 aromatic carbocycles. The average molecular weight is 551 g/mol. The molecule has 4 rings (SSSR count). The number of carbonyl (C=O) groups is 3. The van der Waals surface area contributed by atoms with Gasteiger partial charge >= 0.3 is 6.18 Å². The van der Waals surface area contributed by atoms with Crippen molar-refractivity contribution in [1.82, 2.24) is 4.90 Å². The van der Waals surface area contributed by atoms with Gasteiger partial charge in [-0.05, 0) is 81.5 Å². The third-order valence-corrected chi connectivity index (χ3v) is 9.89. The molecule has 0 radical (unpaired) electrons. The van der Waals surface area contributed by atoms with E-state index >= 15 is 0 Å². The Morgan fingerprint density at radius 3 is 2.05 bits per heavy atom. The Kier molecular flexibility index (Phi) is 7.20. The lowest BCUT2D eigenvalue weighted by molar-refractivity contribution is -0.137. The fourth-order valence-corrected chi connectivity index (χ4v) is 6.08. The van der Waals surface area contributed by atoms with E-state index in [1.54, 1.807) is 31.7 Å². The summed E-state index contributed by atoms with van der Waals surface area (Å²) in [5.41, 5.74) is -0.128. The van der Waals surface area contributed by atoms with Gasteiger partial charge in [-0.2, -0.15) is 13.2 Å². The van der Waals surface area contributed by atoms with Gasteiger partial charge in [0.2, 0.25) is 5.91 Å². The van der Waals surface area contributed by atoms with Crippen molar-refractivity contribution in [3.05, 3.63) is 64.7 Å². The summed E-state index contributed by atoms with van der Waals surface area (Å²) in [6.45, 7) is 5.91. The number of carbonyl (C=O) groups excluding carboxylic acids is 3. The summed E-state index contributed by atoms with van der Waals surface area (Å²) in [5.74, 6) is -1.40. The Bertz CT molecular complexity index is 1370. The van der Waals surface area contributed by atoms with Crippen LogP contribution in [-0.2, 0) is 27.2 Å². The number of nitrogens with zero attached hydrogens (tertiary/aromatic N) is 2. The van der Waals surface area contributed by atoms with Crippen LogP contribution in [0.15, 0.2) is 42.5 Å². The summed E-state index contributed by atoms with van der Waals surface area (Å²) in [5, 5.41) is 0. The first-order valence-electron chi connectivity index (χ1n) is 12.3. The molecular weight excluding hydrogens is 521 g/mol. The summed E-state index contributed by atoms with van der Waals surface area (Å²) in [7, 11) is -3.25. The minimum absolute atomic E-state index is 0.0000134. The van der Waals surface area contributed by atoms with E-state index in [1.807, 2.05) is 0 Å². The molecular formula is C27H29F3N2O5S. The highest BCUT2D eigenvalue weighted by Gasteiger charge is 2.38. The molecule has 0 aliphatic carbocycles. The maximum absolute atomic E-state index is 13.0. The lowest BCUT2D eigenvalue weighted by Crippen LogP contribution is -2.42. The van der Waals surface area contributed by atoms with Gasteiger partial charge in [-0.25, -0.2) is 13.3 Å². The van der Waals surface area contributed by atoms with Crippen LogP contribution in [-0.4, -0.2) is 54.6 Å². The van der Waals surface area contributed by atoms with Crippen LogP contribution in [0.4, 0.5) is 18.9 Å². The van der Waals surface area contributed by atoms with Gasteiger partial charge in [-0.15, -0.1) is 0 Å². The van der Waals surface area contributed by atoms with E-state index in [4.69, 9.17) is 0 Å². The highest BCUT2D eigenvalue weighted by Crippen LogP contribution is 2.33. The third-order valence-electron chi connectivity index (χ3n) is 7.11. The van der Waals surface area contributed by atoms with Crippen LogP contribution < -0.4 is 4.90 Å². The van der Waals surface area contributed by atoms with Crippen molar-refractivity contribution < 1.29 is 36.0 Å². The van der Waals surface area contributed by atoms with Crippen LogP contribution in [0.3, 0.4) is 0 Å². The first-order chi connectivity index (χ1) is 17.6. The number of hydrogen-bond donors (Lipinski definition) is 0. The molecule has 0 unspecified atom stereocenters. The van der Waals surface area contributed by atoms with Crippen molar-refractivity contribution in [3.8, 4) is 0 Å². The minimum atomic E-state index is -4.54. The van der Waals surface area contributed by atoms with Gasteiger partial charge in [-0.1, -0.05) is 6.07 Å². The van der Waals surface area contributed by atoms with E-state index in [0.29, 0.717) is 31.5 Å². The molecule has 204 valence electrons. The zero-order valence-corrected chi connectivity index (χ0v) is 22.2. The number of amides is 3. The Labute approximate surface area is 219 Å². The molecule has 3 amide bonds. The van der Waals surface area contributed by atoms with Gasteiger partial charge in [0.1, 0.15) is 0 Å². The molecule has 2 aromatic rings. The number of hydrogen-bond acceptors (Lipinski definition) is 5. The van der Waals surface area contributed by atoms with Gasteiger partial charge in [0.05, 0.1) is 39.3 Å². The quantitative estimate of drug-likeness (QED) is 0.512. The molecule has 0 spiro atoms. The van der Waals surface area contributed by atoms with E-state index in [2.05, 4.69) is 0 Å². The summed E-state index contributed by atoms with van der Waals surface area (Å²) >= 11 is 0. The molecule has 1 fully saturated rings. The molecule has 0 bridgehead atoms. The Hall–Kier alpha value is -3.21. The van der Waals surface area contributed by atoms with E-state index < -0.39 is 38.1 Å². The molecule has 0 aromatic heterocycles. The molecule has 2 heterocycles. The fourth-order valence-electron chi connectivity index (χ4n) is 4.63. The van der Waals surface area contributed by atoms with Gasteiger partial charge in [0, 0.05) is 13.1 Å². The minimum Gasteiger partial charge on any atom is -0.342 e. The highest BCUT2D eigenvalue weighted by molar-refractivity contribution is 7.92. The zero-order valence-electron chi connectivity index (χ0n) is 21.3. The van der Waals surface area contributed by atoms with Crippen LogP contribution in [0.1, 0.15) is 65.5 Å². The van der Waals surface area contributed by atoms with E-state index in [9.17, 15) is 36.0 Å². The second-order valence-electron chi connectivity index (χ2n) is 10.8. The molecule has 0 saturated carbocycles. The fraction of sp³-hybridized carbons (Fsp3) is 0.444. The molecule has 0 atom stereocenters. The predicted molar refractivity (Wildman–Crippen MR) is 136 cm³/mol. The largest absolute Gasteiger partial charge is 0.416 e. The first kappa shape index (κ1) is 27.8. The Balaban J connectivity index is 1.41. The summed E-state index contributed by atoms with van der Waals surface area (Å²) < 4.78 is 62.8. The van der Waals surface area contributed by atoms with Gasteiger partial charge in [0.15, 0.2) is 9.84 Å². The van der Waals surface area contributed by atoms with Crippen molar-refractivity contribution in [2.75, 3.05) is 23.7 Å². The highest BCUT2D eigenvalue weighted by atomic mass is 32.2. The SMILES string of the molecule is CC(C)(C)S(=O)(=O)CC1CCN(C(=O)Cc2ccc3c(c2)C(=O)N(c2ccc(C(F)(F)F)cc2)C3=O)CC1. The standard InChI is InChI=1S/C27H29F3N2O5S/c1-26(2,3)38(36,37)16-17-10-12-31(13-11-17)23(33)15-18-4-9-21-22(14-18)25(35)32(24(21)34)20-7-5-19(6-8-20)27(28,29)30/h4-9,14,17H,10-13,15-16H2,1-3H3. The van der Waals surface area contributed by atoms with Crippen molar-refractivity contribution >= 4 is 33.2 Å². The van der Waals surface area contributed by atoms with Crippen molar-refractivity contribution in [2.45, 2.75) is 51.0 Å². The summed E-state index contributed by atoms with van der Waals surface area (Å²) in [6.07, 6.45) is -3.37. The number of halogens is 3. The maximum Gasteiger partial charge on any atom is 0.416 e. The maximum atomic E-state index is 13.0. The number of benzene rings is 2. The number of piperidine rings is 1. The number of sulfone groups is 1. The number of likely N-dealkylation sites (tertiary alicyclic amines) is 1. The van der Waals surface area contributed by atoms with Crippen LogP contribution in [0, 0.1) is 5.92 Å². The second kappa shape index (κ2) is 9.83. The smallest absolute Gasteiger partial charge is 0.342 e. The van der Waals surface area contributed by atoms with Crippen LogP contribution in [0.2, 0.25) is 0 Å². The third kappa shape index (κ3) is 5.48. The molecule has 1 saturated heterocycles. The van der Waals surface area contributed by atoms with Crippen molar-refractivity contribution in [1.29, 1.82) is 0 Å². The lowest BCUT2D eigenvalue weighted by Gasteiger charge is -2.33. The summed E-state index contributed by atoms with van der Waals surface area (Å²) in [6, 6.07) is 8.28. The number of alkyl halides is 3. The topological polar surface area (TPSA) is 91.8 Å². The van der Waals surface area contributed by atoms with E-state index in [1.165, 1.54) is 12.1 Å². The van der Waals surface area contributed by atoms with Crippen molar-refractivity contribution in [3.63, 3.8) is 0 Å². The number of fused-ring (bicyclic) bond motifs is 1. The molecule has 2 aliphatic heterocycles. The van der Waals surface area contributed by atoms with Gasteiger partial charge < -0.3 is 4.90 Å². The second-order valence-corrected chi connectivity index (χ2v) is 13.6. The zero-order chi connectivity index (χ0) is 28.0. The van der Waals surface area contributed by atoms with Crippen molar-refractivity contribution in [2.24, 2.45) is 5.92 Å². The molecule has 7 nitrogen and oxygen atoms in total. The monoisotopic (exact) mass is 550 g/mol. The average Bonchev–Trinajstić information content (AvgIpc) is 3.07. The molecule has 11 heteroatoms. The Morgan fingerprint density at radius 2 is 1.50 bits per heavy atom. The number of imide groups is 1. The molecule has 0 N–H and O–H groups in total. The lowest BCUT2D eigenvalue weighted by atomic mass is 9.98. The molecule has 38 heavy (non-hydrogen) atoms. The predicted octanol–water partition coefficient (Wildman–Crippen LogP) is 4.50. The van der Waals surface area contributed by atoms with Crippen LogP contribution >= 0.6 is 0 Å². The first-order valence-corrected chi connectivity index (χ1v) is 13.9. The van der Waals surface area contributed by atoms with Crippen LogP contribution in [0.5, 0.6) is 0 Å².